The summed E-state index contributed by atoms with van der Waals surface area (Å²) in [5.74, 6) is 2.14. The Morgan fingerprint density at radius 2 is 1.94 bits per heavy atom. The number of methoxy groups -OCH3 is 2. The Balaban J connectivity index is 2.76. The highest BCUT2D eigenvalue weighted by atomic mass is 16.5. The lowest BCUT2D eigenvalue weighted by Gasteiger charge is -2.08. The molecule has 0 spiro atoms. The van der Waals surface area contributed by atoms with Crippen LogP contribution >= 0.6 is 0 Å². The first-order chi connectivity index (χ1) is 8.21. The van der Waals surface area contributed by atoms with Crippen molar-refractivity contribution in [1.82, 2.24) is 0 Å². The van der Waals surface area contributed by atoms with Crippen LogP contribution < -0.4 is 15.2 Å². The van der Waals surface area contributed by atoms with E-state index in [1.165, 1.54) is 0 Å². The molecule has 1 rings (SSSR count). The summed E-state index contributed by atoms with van der Waals surface area (Å²) < 4.78 is 10.4. The van der Waals surface area contributed by atoms with E-state index in [2.05, 4.69) is 11.9 Å². The van der Waals surface area contributed by atoms with Crippen molar-refractivity contribution < 1.29 is 9.47 Å². The summed E-state index contributed by atoms with van der Waals surface area (Å²) in [7, 11) is 3.24. The maximum atomic E-state index is 5.75. The van der Waals surface area contributed by atoms with E-state index in [0.717, 1.165) is 24.2 Å². The molecule has 0 fully saturated rings. The summed E-state index contributed by atoms with van der Waals surface area (Å²) in [6, 6.07) is 5.76. The molecule has 0 amide bonds. The summed E-state index contributed by atoms with van der Waals surface area (Å²) >= 11 is 0. The molecular formula is C13H20N2O2. The molecule has 0 heterocycles. The minimum absolute atomic E-state index is 0.576. The average Bonchev–Trinajstić information content (AvgIpc) is 2.36. The van der Waals surface area contributed by atoms with Crippen LogP contribution in [0.4, 0.5) is 0 Å². The molecule has 0 aliphatic rings. The zero-order chi connectivity index (χ0) is 12.7. The van der Waals surface area contributed by atoms with Crippen molar-refractivity contribution in [3.63, 3.8) is 0 Å². The smallest absolute Gasteiger partial charge is 0.161 e. The van der Waals surface area contributed by atoms with Crippen LogP contribution in [0.15, 0.2) is 23.2 Å². The zero-order valence-corrected chi connectivity index (χ0v) is 10.7. The van der Waals surface area contributed by atoms with Crippen molar-refractivity contribution in [3.8, 4) is 11.5 Å². The SMILES string of the molecule is CCCC(N)=NCc1ccc(OC)c(OC)c1. The zero-order valence-electron chi connectivity index (χ0n) is 10.7. The predicted octanol–water partition coefficient (Wildman–Crippen LogP) is 2.36. The lowest BCUT2D eigenvalue weighted by molar-refractivity contribution is 0.354. The number of rotatable bonds is 6. The van der Waals surface area contributed by atoms with E-state index in [0.29, 0.717) is 18.1 Å². The Morgan fingerprint density at radius 1 is 1.24 bits per heavy atom. The van der Waals surface area contributed by atoms with E-state index < -0.39 is 0 Å². The first kappa shape index (κ1) is 13.4. The Labute approximate surface area is 102 Å². The van der Waals surface area contributed by atoms with Gasteiger partial charge in [-0.3, -0.25) is 4.99 Å². The van der Waals surface area contributed by atoms with Crippen LogP contribution in [-0.2, 0) is 6.54 Å². The molecule has 0 saturated carbocycles. The number of ether oxygens (including phenoxy) is 2. The highest BCUT2D eigenvalue weighted by molar-refractivity contribution is 5.80. The first-order valence-corrected chi connectivity index (χ1v) is 5.71. The largest absolute Gasteiger partial charge is 0.493 e. The van der Waals surface area contributed by atoms with Gasteiger partial charge in [-0.1, -0.05) is 13.0 Å². The number of aliphatic imine (C=N–C) groups is 1. The number of amidine groups is 1. The van der Waals surface area contributed by atoms with Crippen molar-refractivity contribution in [3.05, 3.63) is 23.8 Å². The second-order valence-corrected chi connectivity index (χ2v) is 3.75. The Kier molecular flexibility index (Phi) is 5.33. The Bertz CT molecular complexity index is 389. The van der Waals surface area contributed by atoms with Crippen molar-refractivity contribution >= 4 is 5.84 Å². The molecule has 0 aliphatic carbocycles. The molecule has 1 aromatic carbocycles. The van der Waals surface area contributed by atoms with Crippen molar-refractivity contribution in [2.45, 2.75) is 26.3 Å². The highest BCUT2D eigenvalue weighted by Crippen LogP contribution is 2.27. The molecule has 0 bridgehead atoms. The molecule has 0 aromatic heterocycles. The summed E-state index contributed by atoms with van der Waals surface area (Å²) in [5.41, 5.74) is 6.81. The molecule has 0 saturated heterocycles. The molecule has 94 valence electrons. The number of benzene rings is 1. The molecule has 4 heteroatoms. The van der Waals surface area contributed by atoms with Gasteiger partial charge in [0.2, 0.25) is 0 Å². The molecule has 1 aromatic rings. The molecular weight excluding hydrogens is 216 g/mol. The summed E-state index contributed by atoms with van der Waals surface area (Å²) in [4.78, 5) is 4.31. The Morgan fingerprint density at radius 3 is 2.53 bits per heavy atom. The van der Waals surface area contributed by atoms with Crippen LogP contribution in [-0.4, -0.2) is 20.1 Å². The van der Waals surface area contributed by atoms with Crippen molar-refractivity contribution in [2.24, 2.45) is 10.7 Å². The van der Waals surface area contributed by atoms with Gasteiger partial charge in [-0.2, -0.15) is 0 Å². The summed E-state index contributed by atoms with van der Waals surface area (Å²) in [5, 5.41) is 0. The number of nitrogens with two attached hydrogens (primary N) is 1. The summed E-state index contributed by atoms with van der Waals surface area (Å²) in [6.45, 7) is 2.66. The second kappa shape index (κ2) is 6.78. The summed E-state index contributed by atoms with van der Waals surface area (Å²) in [6.07, 6.45) is 1.86. The molecule has 2 N–H and O–H groups in total. The fourth-order valence-corrected chi connectivity index (χ4v) is 1.51. The lowest BCUT2D eigenvalue weighted by atomic mass is 10.2. The van der Waals surface area contributed by atoms with Gasteiger partial charge in [0.25, 0.3) is 0 Å². The van der Waals surface area contributed by atoms with Crippen LogP contribution in [0.2, 0.25) is 0 Å². The van der Waals surface area contributed by atoms with Crippen LogP contribution in [0.1, 0.15) is 25.3 Å². The number of hydrogen-bond donors (Lipinski definition) is 1. The normalized spacial score (nSPS) is 11.4. The topological polar surface area (TPSA) is 56.8 Å². The highest BCUT2D eigenvalue weighted by Gasteiger charge is 2.03. The maximum Gasteiger partial charge on any atom is 0.161 e. The molecule has 4 nitrogen and oxygen atoms in total. The molecule has 17 heavy (non-hydrogen) atoms. The third-order valence-electron chi connectivity index (χ3n) is 2.42. The van der Waals surface area contributed by atoms with Gasteiger partial charge < -0.3 is 15.2 Å². The van der Waals surface area contributed by atoms with Gasteiger partial charge in [0.15, 0.2) is 11.5 Å². The second-order valence-electron chi connectivity index (χ2n) is 3.75. The molecule has 0 unspecified atom stereocenters. The van der Waals surface area contributed by atoms with Gasteiger partial charge in [0, 0.05) is 6.42 Å². The van der Waals surface area contributed by atoms with E-state index in [-0.39, 0.29) is 0 Å². The maximum absolute atomic E-state index is 5.75. The van der Waals surface area contributed by atoms with Gasteiger partial charge >= 0.3 is 0 Å². The fraction of sp³-hybridized carbons (Fsp3) is 0.462. The fourth-order valence-electron chi connectivity index (χ4n) is 1.51. The van der Waals surface area contributed by atoms with Crippen molar-refractivity contribution in [2.75, 3.05) is 14.2 Å². The molecule has 0 aliphatic heterocycles. The number of nitrogens with zero attached hydrogens (tertiary/aromatic N) is 1. The minimum atomic E-state index is 0.576. The van der Waals surface area contributed by atoms with E-state index in [9.17, 15) is 0 Å². The first-order valence-electron chi connectivity index (χ1n) is 5.71. The monoisotopic (exact) mass is 236 g/mol. The van der Waals surface area contributed by atoms with Gasteiger partial charge in [0.05, 0.1) is 26.6 Å². The average molecular weight is 236 g/mol. The van der Waals surface area contributed by atoms with Crippen LogP contribution in [0.5, 0.6) is 11.5 Å². The lowest BCUT2D eigenvalue weighted by Crippen LogP contribution is -2.11. The third-order valence-corrected chi connectivity index (χ3v) is 2.42. The molecule has 0 atom stereocenters. The number of hydrogen-bond acceptors (Lipinski definition) is 3. The van der Waals surface area contributed by atoms with E-state index >= 15 is 0 Å². The standard InChI is InChI=1S/C13H20N2O2/c1-4-5-13(14)15-9-10-6-7-11(16-2)12(8-10)17-3/h6-8H,4-5,9H2,1-3H3,(H2,14,15). The van der Waals surface area contributed by atoms with Crippen molar-refractivity contribution in [1.29, 1.82) is 0 Å². The van der Waals surface area contributed by atoms with Crippen LogP contribution in [0.3, 0.4) is 0 Å². The van der Waals surface area contributed by atoms with Crippen LogP contribution in [0, 0.1) is 0 Å². The Hall–Kier alpha value is -1.71. The van der Waals surface area contributed by atoms with Gasteiger partial charge in [-0.15, -0.1) is 0 Å². The third kappa shape index (κ3) is 3.98. The van der Waals surface area contributed by atoms with E-state index in [4.69, 9.17) is 15.2 Å². The molecule has 0 radical (unpaired) electrons. The van der Waals surface area contributed by atoms with Gasteiger partial charge in [-0.25, -0.2) is 0 Å². The predicted molar refractivity (Wildman–Crippen MR) is 69.8 cm³/mol. The minimum Gasteiger partial charge on any atom is -0.493 e. The van der Waals surface area contributed by atoms with Gasteiger partial charge in [0.1, 0.15) is 0 Å². The van der Waals surface area contributed by atoms with Gasteiger partial charge in [-0.05, 0) is 24.1 Å². The van der Waals surface area contributed by atoms with E-state index in [1.807, 2.05) is 18.2 Å². The quantitative estimate of drug-likeness (QED) is 0.609. The van der Waals surface area contributed by atoms with E-state index in [1.54, 1.807) is 14.2 Å². The van der Waals surface area contributed by atoms with Crippen LogP contribution in [0.25, 0.3) is 0 Å².